The van der Waals surface area contributed by atoms with Crippen molar-refractivity contribution in [1.82, 2.24) is 0 Å². The van der Waals surface area contributed by atoms with Crippen molar-refractivity contribution >= 4 is 11.6 Å². The van der Waals surface area contributed by atoms with Gasteiger partial charge >= 0.3 is 0 Å². The Balaban J connectivity index is 2.83. The highest BCUT2D eigenvalue weighted by Gasteiger charge is 2.09. The van der Waals surface area contributed by atoms with Gasteiger partial charge in [-0.15, -0.1) is 0 Å². The highest BCUT2D eigenvalue weighted by molar-refractivity contribution is 5.98. The molecule has 0 radical (unpaired) electrons. The molecule has 0 unspecified atom stereocenters. The maximum absolute atomic E-state index is 11.8. The zero-order valence-corrected chi connectivity index (χ0v) is 7.74. The standard InChI is InChI=1S/C9H10F2N2O2/c10-8(11)4-15-5-1-2-7(12)6(3-5)9(13)14/h1-3,8H,4,12H2,(H2,13,14). The van der Waals surface area contributed by atoms with E-state index >= 15 is 0 Å². The first-order chi connectivity index (χ1) is 7.00. The van der Waals surface area contributed by atoms with E-state index in [2.05, 4.69) is 0 Å². The van der Waals surface area contributed by atoms with Gasteiger partial charge in [0, 0.05) is 5.69 Å². The molecule has 0 aromatic heterocycles. The van der Waals surface area contributed by atoms with Gasteiger partial charge in [0.25, 0.3) is 12.3 Å². The molecule has 0 spiro atoms. The number of amides is 1. The summed E-state index contributed by atoms with van der Waals surface area (Å²) >= 11 is 0. The Morgan fingerprint density at radius 3 is 2.67 bits per heavy atom. The summed E-state index contributed by atoms with van der Waals surface area (Å²) in [4.78, 5) is 10.9. The third-order valence-electron chi connectivity index (χ3n) is 1.67. The number of alkyl halides is 2. The molecule has 1 amide bonds. The summed E-state index contributed by atoms with van der Waals surface area (Å²) in [7, 11) is 0. The minimum absolute atomic E-state index is 0.0572. The fourth-order valence-corrected chi connectivity index (χ4v) is 0.998. The minimum atomic E-state index is -2.57. The smallest absolute Gasteiger partial charge is 0.272 e. The summed E-state index contributed by atoms with van der Waals surface area (Å²) in [5.41, 5.74) is 10.7. The monoisotopic (exact) mass is 216 g/mol. The quantitative estimate of drug-likeness (QED) is 0.737. The molecule has 0 bridgehead atoms. The fourth-order valence-electron chi connectivity index (χ4n) is 0.998. The van der Waals surface area contributed by atoms with Crippen molar-refractivity contribution in [2.75, 3.05) is 12.3 Å². The van der Waals surface area contributed by atoms with Crippen LogP contribution >= 0.6 is 0 Å². The van der Waals surface area contributed by atoms with Gasteiger partial charge in [-0.1, -0.05) is 0 Å². The molecule has 0 aliphatic carbocycles. The summed E-state index contributed by atoms with van der Waals surface area (Å²) in [5.74, 6) is -0.590. The second-order valence-corrected chi connectivity index (χ2v) is 2.82. The van der Waals surface area contributed by atoms with E-state index in [4.69, 9.17) is 16.2 Å². The van der Waals surface area contributed by atoms with Crippen LogP contribution in [-0.4, -0.2) is 18.9 Å². The SMILES string of the molecule is NC(=O)c1cc(OCC(F)F)ccc1N. The Morgan fingerprint density at radius 2 is 2.13 bits per heavy atom. The lowest BCUT2D eigenvalue weighted by Crippen LogP contribution is -2.14. The van der Waals surface area contributed by atoms with E-state index in [-0.39, 0.29) is 17.0 Å². The van der Waals surface area contributed by atoms with Crippen molar-refractivity contribution < 1.29 is 18.3 Å². The highest BCUT2D eigenvalue weighted by atomic mass is 19.3. The number of rotatable bonds is 4. The lowest BCUT2D eigenvalue weighted by Gasteiger charge is -2.07. The molecule has 0 aliphatic heterocycles. The molecule has 6 heteroatoms. The van der Waals surface area contributed by atoms with E-state index in [1.54, 1.807) is 0 Å². The van der Waals surface area contributed by atoms with Gasteiger partial charge in [0.2, 0.25) is 0 Å². The molecule has 15 heavy (non-hydrogen) atoms. The van der Waals surface area contributed by atoms with Crippen LogP contribution in [0, 0.1) is 0 Å². The van der Waals surface area contributed by atoms with E-state index in [1.807, 2.05) is 0 Å². The van der Waals surface area contributed by atoms with Crippen LogP contribution in [0.2, 0.25) is 0 Å². The van der Waals surface area contributed by atoms with Crippen LogP contribution in [-0.2, 0) is 0 Å². The summed E-state index contributed by atoms with van der Waals surface area (Å²) in [6, 6.07) is 4.01. The first-order valence-electron chi connectivity index (χ1n) is 4.11. The maximum Gasteiger partial charge on any atom is 0.272 e. The summed E-state index contributed by atoms with van der Waals surface area (Å²) in [5, 5.41) is 0. The Labute approximate surface area is 84.8 Å². The molecule has 82 valence electrons. The zero-order chi connectivity index (χ0) is 11.4. The summed E-state index contributed by atoms with van der Waals surface area (Å²) < 4.78 is 28.3. The average molecular weight is 216 g/mol. The number of carbonyl (C=O) groups excluding carboxylic acids is 1. The largest absolute Gasteiger partial charge is 0.488 e. The Bertz CT molecular complexity index is 369. The van der Waals surface area contributed by atoms with Crippen LogP contribution in [0.3, 0.4) is 0 Å². The van der Waals surface area contributed by atoms with E-state index < -0.39 is 18.9 Å². The molecule has 0 aliphatic rings. The molecule has 0 saturated carbocycles. The summed E-state index contributed by atoms with van der Waals surface area (Å²) in [6.07, 6.45) is -2.57. The fraction of sp³-hybridized carbons (Fsp3) is 0.222. The number of carbonyl (C=O) groups is 1. The van der Waals surface area contributed by atoms with E-state index in [1.165, 1.54) is 18.2 Å². The number of hydrogen-bond acceptors (Lipinski definition) is 3. The number of nitrogens with two attached hydrogens (primary N) is 2. The van der Waals surface area contributed by atoms with Crippen molar-refractivity contribution in [1.29, 1.82) is 0 Å². The third-order valence-corrected chi connectivity index (χ3v) is 1.67. The summed E-state index contributed by atoms with van der Waals surface area (Å²) in [6.45, 7) is -0.734. The van der Waals surface area contributed by atoms with Crippen LogP contribution < -0.4 is 16.2 Å². The van der Waals surface area contributed by atoms with Gasteiger partial charge in [-0.3, -0.25) is 4.79 Å². The van der Waals surface area contributed by atoms with Crippen LogP contribution in [0.25, 0.3) is 0 Å². The second-order valence-electron chi connectivity index (χ2n) is 2.82. The minimum Gasteiger partial charge on any atom is -0.488 e. The molecular formula is C9H10F2N2O2. The van der Waals surface area contributed by atoms with Crippen LogP contribution in [0.15, 0.2) is 18.2 Å². The van der Waals surface area contributed by atoms with Gasteiger partial charge in [0.15, 0.2) is 0 Å². The predicted octanol–water partition coefficient (Wildman–Crippen LogP) is 1.01. The van der Waals surface area contributed by atoms with E-state index in [9.17, 15) is 13.6 Å². The molecule has 0 heterocycles. The molecule has 1 aromatic rings. The van der Waals surface area contributed by atoms with Gasteiger partial charge < -0.3 is 16.2 Å². The molecule has 0 saturated heterocycles. The number of hydrogen-bond donors (Lipinski definition) is 2. The van der Waals surface area contributed by atoms with E-state index in [0.717, 1.165) is 0 Å². The van der Waals surface area contributed by atoms with Crippen molar-refractivity contribution in [2.45, 2.75) is 6.43 Å². The van der Waals surface area contributed by atoms with E-state index in [0.29, 0.717) is 0 Å². The number of nitrogen functional groups attached to an aromatic ring is 1. The average Bonchev–Trinajstić information content (AvgIpc) is 2.16. The van der Waals surface area contributed by atoms with Gasteiger partial charge in [0.05, 0.1) is 5.56 Å². The Kier molecular flexibility index (Phi) is 3.43. The van der Waals surface area contributed by atoms with Crippen molar-refractivity contribution in [3.05, 3.63) is 23.8 Å². The van der Waals surface area contributed by atoms with Gasteiger partial charge in [-0.2, -0.15) is 0 Å². The molecule has 4 N–H and O–H groups in total. The van der Waals surface area contributed by atoms with Crippen molar-refractivity contribution in [3.63, 3.8) is 0 Å². The Hall–Kier alpha value is -1.85. The van der Waals surface area contributed by atoms with Gasteiger partial charge in [-0.25, -0.2) is 8.78 Å². The predicted molar refractivity (Wildman–Crippen MR) is 50.9 cm³/mol. The lowest BCUT2D eigenvalue weighted by molar-refractivity contribution is 0.0818. The zero-order valence-electron chi connectivity index (χ0n) is 7.74. The van der Waals surface area contributed by atoms with Crippen LogP contribution in [0.1, 0.15) is 10.4 Å². The Morgan fingerprint density at radius 1 is 1.47 bits per heavy atom. The molecule has 0 fully saturated rings. The first-order valence-corrected chi connectivity index (χ1v) is 4.11. The lowest BCUT2D eigenvalue weighted by atomic mass is 10.1. The molecular weight excluding hydrogens is 206 g/mol. The molecule has 1 rings (SSSR count). The molecule has 4 nitrogen and oxygen atoms in total. The van der Waals surface area contributed by atoms with Crippen LogP contribution in [0.4, 0.5) is 14.5 Å². The number of ether oxygens (including phenoxy) is 1. The maximum atomic E-state index is 11.8. The highest BCUT2D eigenvalue weighted by Crippen LogP contribution is 2.19. The van der Waals surface area contributed by atoms with Crippen LogP contribution in [0.5, 0.6) is 5.75 Å². The number of primary amides is 1. The topological polar surface area (TPSA) is 78.3 Å². The first kappa shape index (κ1) is 11.2. The van der Waals surface area contributed by atoms with Crippen molar-refractivity contribution in [3.8, 4) is 5.75 Å². The number of benzene rings is 1. The molecule has 1 aromatic carbocycles. The number of anilines is 1. The second kappa shape index (κ2) is 4.59. The normalized spacial score (nSPS) is 10.3. The van der Waals surface area contributed by atoms with Gasteiger partial charge in [-0.05, 0) is 18.2 Å². The molecule has 0 atom stereocenters. The third kappa shape index (κ3) is 3.08. The number of halogens is 2. The van der Waals surface area contributed by atoms with Gasteiger partial charge in [0.1, 0.15) is 12.4 Å². The van der Waals surface area contributed by atoms with Crippen molar-refractivity contribution in [2.24, 2.45) is 5.73 Å².